The molecule has 1 aromatic carbocycles. The number of nitrogens with zero attached hydrogens (tertiary/aromatic N) is 4. The van der Waals surface area contributed by atoms with Gasteiger partial charge in [0.05, 0.1) is 0 Å². The van der Waals surface area contributed by atoms with Gasteiger partial charge in [0.1, 0.15) is 0 Å². The van der Waals surface area contributed by atoms with Crippen molar-refractivity contribution >= 4 is 11.6 Å². The van der Waals surface area contributed by atoms with Crippen molar-refractivity contribution in [2.75, 3.05) is 0 Å². The third-order valence-corrected chi connectivity index (χ3v) is 2.59. The summed E-state index contributed by atoms with van der Waals surface area (Å²) in [5.41, 5.74) is 0.0450. The van der Waals surface area contributed by atoms with Gasteiger partial charge in [-0.2, -0.15) is 13.2 Å². The highest BCUT2D eigenvalue weighted by atomic mass is 35.5. The van der Waals surface area contributed by atoms with Gasteiger partial charge in [0.2, 0.25) is 11.6 Å². The molecule has 2 rings (SSSR count). The molecule has 0 aliphatic carbocycles. The summed E-state index contributed by atoms with van der Waals surface area (Å²) in [5.74, 6) is -1.73. The summed E-state index contributed by atoms with van der Waals surface area (Å²) in [6.45, 7) is -0.869. The summed E-state index contributed by atoms with van der Waals surface area (Å²) in [4.78, 5) is 9.71. The van der Waals surface area contributed by atoms with Gasteiger partial charge in [0, 0.05) is 15.6 Å². The molecule has 0 amide bonds. The molecule has 0 saturated carbocycles. The van der Waals surface area contributed by atoms with Crippen LogP contribution in [-0.2, 0) is 12.7 Å². The maximum atomic E-state index is 12.8. The summed E-state index contributed by atoms with van der Waals surface area (Å²) in [5, 5.41) is 17.0. The van der Waals surface area contributed by atoms with Crippen molar-refractivity contribution in [3.8, 4) is 5.69 Å². The Morgan fingerprint density at radius 2 is 1.85 bits per heavy atom. The first kappa shape index (κ1) is 14.3. The van der Waals surface area contributed by atoms with Crippen molar-refractivity contribution in [1.82, 2.24) is 14.8 Å². The molecule has 0 radical (unpaired) electrons. The van der Waals surface area contributed by atoms with Crippen LogP contribution >= 0.6 is 11.6 Å². The van der Waals surface area contributed by atoms with Gasteiger partial charge in [-0.15, -0.1) is 10.2 Å². The van der Waals surface area contributed by atoms with E-state index in [1.807, 2.05) is 0 Å². The van der Waals surface area contributed by atoms with Crippen LogP contribution in [0, 0.1) is 10.1 Å². The molecule has 106 valence electrons. The van der Waals surface area contributed by atoms with Gasteiger partial charge in [-0.25, -0.2) is 0 Å². The highest BCUT2D eigenvalue weighted by Gasteiger charge is 2.39. The first-order chi connectivity index (χ1) is 9.29. The lowest BCUT2D eigenvalue weighted by atomic mass is 10.3. The Morgan fingerprint density at radius 3 is 2.35 bits per heavy atom. The molecular weight excluding hydrogens is 301 g/mol. The minimum absolute atomic E-state index is 0.0450. The van der Waals surface area contributed by atoms with Crippen molar-refractivity contribution in [2.24, 2.45) is 0 Å². The summed E-state index contributed by atoms with van der Waals surface area (Å²) in [7, 11) is 0. The van der Waals surface area contributed by atoms with E-state index in [-0.39, 0.29) is 5.69 Å². The molecule has 1 aromatic heterocycles. The molecule has 0 saturated heterocycles. The van der Waals surface area contributed by atoms with Crippen LogP contribution < -0.4 is 0 Å². The molecule has 0 fully saturated rings. The Kier molecular flexibility index (Phi) is 3.62. The molecule has 0 aliphatic rings. The molecule has 0 bridgehead atoms. The molecule has 20 heavy (non-hydrogen) atoms. The second-order valence-electron chi connectivity index (χ2n) is 3.74. The topological polar surface area (TPSA) is 73.8 Å². The monoisotopic (exact) mass is 306 g/mol. The zero-order chi connectivity index (χ0) is 14.9. The van der Waals surface area contributed by atoms with Crippen LogP contribution in [0.3, 0.4) is 0 Å². The number of aromatic nitrogens is 3. The van der Waals surface area contributed by atoms with Crippen molar-refractivity contribution in [3.05, 3.63) is 51.1 Å². The summed E-state index contributed by atoms with van der Waals surface area (Å²) < 4.78 is 39.1. The molecule has 0 aliphatic heterocycles. The van der Waals surface area contributed by atoms with E-state index in [1.165, 1.54) is 24.3 Å². The van der Waals surface area contributed by atoms with E-state index in [1.54, 1.807) is 0 Å². The minimum atomic E-state index is -4.78. The number of halogens is 4. The molecule has 1 heterocycles. The number of rotatable bonds is 3. The van der Waals surface area contributed by atoms with Crippen LogP contribution in [0.25, 0.3) is 5.69 Å². The normalized spacial score (nSPS) is 11.6. The molecule has 0 atom stereocenters. The molecule has 0 N–H and O–H groups in total. The van der Waals surface area contributed by atoms with Crippen LogP contribution in [0.15, 0.2) is 24.3 Å². The number of nitro groups is 1. The Hall–Kier alpha value is -2.16. The van der Waals surface area contributed by atoms with Crippen molar-refractivity contribution in [1.29, 1.82) is 0 Å². The van der Waals surface area contributed by atoms with E-state index in [0.717, 1.165) is 0 Å². The fraction of sp³-hybridized carbons (Fsp3) is 0.200. The van der Waals surface area contributed by atoms with E-state index in [2.05, 4.69) is 10.2 Å². The van der Waals surface area contributed by atoms with Crippen LogP contribution in [0.1, 0.15) is 11.6 Å². The zero-order valence-electron chi connectivity index (χ0n) is 9.63. The molecule has 0 spiro atoms. The Bertz CT molecular complexity index is 639. The minimum Gasteiger partial charge on any atom is -0.270 e. The maximum absolute atomic E-state index is 12.8. The number of benzene rings is 1. The lowest BCUT2D eigenvalue weighted by molar-refractivity contribution is -0.498. The van der Waals surface area contributed by atoms with E-state index in [0.29, 0.717) is 9.59 Å². The van der Waals surface area contributed by atoms with Gasteiger partial charge >= 0.3 is 6.18 Å². The van der Waals surface area contributed by atoms with Gasteiger partial charge in [0.25, 0.3) is 6.54 Å². The van der Waals surface area contributed by atoms with Gasteiger partial charge in [0.15, 0.2) is 0 Å². The second kappa shape index (κ2) is 5.08. The first-order valence-electron chi connectivity index (χ1n) is 5.18. The van der Waals surface area contributed by atoms with Gasteiger partial charge < -0.3 is 0 Å². The van der Waals surface area contributed by atoms with Crippen LogP contribution in [0.5, 0.6) is 0 Å². The molecule has 10 heteroatoms. The Labute approximate surface area is 114 Å². The molecule has 2 aromatic rings. The van der Waals surface area contributed by atoms with Crippen molar-refractivity contribution < 1.29 is 18.1 Å². The fourth-order valence-electron chi connectivity index (χ4n) is 1.58. The average molecular weight is 307 g/mol. The number of hydrogen-bond acceptors (Lipinski definition) is 4. The quantitative estimate of drug-likeness (QED) is 0.645. The highest BCUT2D eigenvalue weighted by Crippen LogP contribution is 2.30. The summed E-state index contributed by atoms with van der Waals surface area (Å²) in [6, 6.07) is 5.33. The fourth-order valence-corrected chi connectivity index (χ4v) is 1.71. The number of alkyl halides is 3. The second-order valence-corrected chi connectivity index (χ2v) is 4.18. The standard InChI is InChI=1S/C10H6ClF3N4O2/c11-6-1-3-7(4-2-6)18-8(5-17(19)20)15-16-9(18)10(12,13)14/h1-4H,5H2. The molecular formula is C10H6ClF3N4O2. The summed E-state index contributed by atoms with van der Waals surface area (Å²) in [6.07, 6.45) is -4.78. The Morgan fingerprint density at radius 1 is 1.25 bits per heavy atom. The van der Waals surface area contributed by atoms with Gasteiger partial charge in [-0.3, -0.25) is 14.7 Å². The third kappa shape index (κ3) is 2.87. The predicted molar refractivity (Wildman–Crippen MR) is 62.1 cm³/mol. The van der Waals surface area contributed by atoms with Gasteiger partial charge in [-0.1, -0.05) is 11.6 Å². The van der Waals surface area contributed by atoms with Crippen molar-refractivity contribution in [2.45, 2.75) is 12.7 Å². The predicted octanol–water partition coefficient (Wildman–Crippen LogP) is 2.72. The average Bonchev–Trinajstić information content (AvgIpc) is 2.72. The zero-order valence-corrected chi connectivity index (χ0v) is 10.4. The largest absolute Gasteiger partial charge is 0.452 e. The third-order valence-electron chi connectivity index (χ3n) is 2.34. The van der Waals surface area contributed by atoms with Crippen molar-refractivity contribution in [3.63, 3.8) is 0 Å². The van der Waals surface area contributed by atoms with Gasteiger partial charge in [-0.05, 0) is 24.3 Å². The lowest BCUT2D eigenvalue weighted by Crippen LogP contribution is -2.16. The highest BCUT2D eigenvalue weighted by molar-refractivity contribution is 6.30. The summed E-state index contributed by atoms with van der Waals surface area (Å²) >= 11 is 5.66. The van der Waals surface area contributed by atoms with E-state index >= 15 is 0 Å². The first-order valence-corrected chi connectivity index (χ1v) is 5.56. The van der Waals surface area contributed by atoms with E-state index in [9.17, 15) is 23.3 Å². The van der Waals surface area contributed by atoms with E-state index < -0.39 is 29.3 Å². The van der Waals surface area contributed by atoms with Crippen LogP contribution in [-0.4, -0.2) is 19.7 Å². The maximum Gasteiger partial charge on any atom is 0.452 e. The van der Waals surface area contributed by atoms with Crippen LogP contribution in [0.4, 0.5) is 13.2 Å². The van der Waals surface area contributed by atoms with Crippen LogP contribution in [0.2, 0.25) is 5.02 Å². The SMILES string of the molecule is O=[N+]([O-])Cc1nnc(C(F)(F)F)n1-c1ccc(Cl)cc1. The van der Waals surface area contributed by atoms with E-state index in [4.69, 9.17) is 11.6 Å². The smallest absolute Gasteiger partial charge is 0.270 e. The molecule has 6 nitrogen and oxygen atoms in total. The number of hydrogen-bond donors (Lipinski definition) is 0. The lowest BCUT2D eigenvalue weighted by Gasteiger charge is -2.10. The Balaban J connectivity index is 2.60. The molecule has 0 unspecified atom stereocenters.